The fourth-order valence-corrected chi connectivity index (χ4v) is 3.84. The van der Waals surface area contributed by atoms with Crippen molar-refractivity contribution in [2.24, 2.45) is 4.99 Å². The molecule has 1 aromatic heterocycles. The molecule has 3 heterocycles. The number of sulfone groups is 1. The monoisotopic (exact) mass is 435 g/mol. The van der Waals surface area contributed by atoms with Gasteiger partial charge in [0.1, 0.15) is 11.5 Å². The third-order valence-corrected chi connectivity index (χ3v) is 5.99. The van der Waals surface area contributed by atoms with Gasteiger partial charge in [-0.15, -0.1) is 0 Å². The Morgan fingerprint density at radius 3 is 2.57 bits per heavy atom. The number of aliphatic imine (C=N–C) groups is 1. The maximum Gasteiger partial charge on any atom is 0.384 e. The van der Waals surface area contributed by atoms with Crippen LogP contribution >= 0.6 is 11.6 Å². The minimum Gasteiger partial charge on any atom is -0.384 e. The molecule has 0 bridgehead atoms. The molecule has 2 N–H and O–H groups in total. The van der Waals surface area contributed by atoms with Crippen LogP contribution in [0.1, 0.15) is 5.56 Å². The van der Waals surface area contributed by atoms with Crippen LogP contribution in [-0.4, -0.2) is 80.1 Å². The van der Waals surface area contributed by atoms with Crippen LogP contribution in [-0.2, 0) is 14.6 Å². The molecule has 0 radical (unpaired) electrons. The minimum absolute atomic E-state index is 0.102. The predicted molar refractivity (Wildman–Crippen MR) is 102 cm³/mol. The zero-order valence-electron chi connectivity index (χ0n) is 15.3. The second-order valence-electron chi connectivity index (χ2n) is 6.53. The number of nitrogen functional groups attached to an aromatic ring is 1. The van der Waals surface area contributed by atoms with Crippen LogP contribution in [0.5, 0.6) is 0 Å². The average molecular weight is 436 g/mol. The number of hydrogen-bond donors (Lipinski definition) is 1. The lowest BCUT2D eigenvalue weighted by molar-refractivity contribution is -0.0265. The molecule has 1 aromatic rings. The first kappa shape index (κ1) is 20.9. The summed E-state index contributed by atoms with van der Waals surface area (Å²) in [6, 6.07) is 1.38. The van der Waals surface area contributed by atoms with Crippen molar-refractivity contribution in [3.63, 3.8) is 0 Å². The van der Waals surface area contributed by atoms with Gasteiger partial charge in [0.25, 0.3) is 0 Å². The molecule has 0 spiro atoms. The van der Waals surface area contributed by atoms with Crippen molar-refractivity contribution in [2.45, 2.75) is 11.5 Å². The van der Waals surface area contributed by atoms with Crippen LogP contribution in [0.4, 0.5) is 14.6 Å². The molecule has 0 amide bonds. The number of rotatable bonds is 4. The number of pyridine rings is 1. The Balaban J connectivity index is 2.13. The molecule has 1 fully saturated rings. The lowest BCUT2D eigenvalue weighted by Gasteiger charge is -2.42. The highest BCUT2D eigenvalue weighted by molar-refractivity contribution is 7.91. The third-order valence-electron chi connectivity index (χ3n) is 4.54. The first-order valence-corrected chi connectivity index (χ1v) is 10.6. The molecular formula is C16H20ClF2N5O3S. The van der Waals surface area contributed by atoms with Crippen LogP contribution in [0, 0.1) is 0 Å². The Hall–Kier alpha value is -1.82. The van der Waals surface area contributed by atoms with E-state index >= 15 is 0 Å². The number of allylic oxidation sites excluding steroid dienone is 1. The topological polar surface area (TPSA) is 101 Å². The van der Waals surface area contributed by atoms with Crippen LogP contribution < -0.4 is 5.73 Å². The lowest BCUT2D eigenvalue weighted by atomic mass is 10.1. The van der Waals surface area contributed by atoms with E-state index in [1.54, 1.807) is 0 Å². The summed E-state index contributed by atoms with van der Waals surface area (Å²) in [4.78, 5) is 11.5. The van der Waals surface area contributed by atoms with Gasteiger partial charge in [0, 0.05) is 38.2 Å². The molecule has 0 saturated carbocycles. The molecule has 2 aliphatic heterocycles. The van der Waals surface area contributed by atoms with E-state index in [0.717, 1.165) is 11.0 Å². The van der Waals surface area contributed by atoms with Crippen LogP contribution in [0.15, 0.2) is 29.0 Å². The van der Waals surface area contributed by atoms with Crippen molar-refractivity contribution < 1.29 is 21.9 Å². The molecule has 1 saturated heterocycles. The molecule has 8 nitrogen and oxygen atoms in total. The Bertz CT molecular complexity index is 932. The largest absolute Gasteiger partial charge is 0.384 e. The summed E-state index contributed by atoms with van der Waals surface area (Å²) in [5.41, 5.74) is 5.29. The fraction of sp³-hybridized carbons (Fsp3) is 0.500. The SMILES string of the molecule is CN1C(C(F)(F)S(C)(=O)=O)=CC(c2cnc(N)cc2Cl)=NC1N1CCOCC1. The van der Waals surface area contributed by atoms with Gasteiger partial charge in [-0.25, -0.2) is 18.4 Å². The molecule has 154 valence electrons. The van der Waals surface area contributed by atoms with Gasteiger partial charge in [0.2, 0.25) is 9.84 Å². The number of alkyl halides is 2. The highest BCUT2D eigenvalue weighted by Crippen LogP contribution is 2.36. The van der Waals surface area contributed by atoms with Crippen LogP contribution in [0.3, 0.4) is 0 Å². The number of morpholine rings is 1. The van der Waals surface area contributed by atoms with Gasteiger partial charge in [0.05, 0.1) is 23.9 Å². The van der Waals surface area contributed by atoms with E-state index < -0.39 is 27.1 Å². The standard InChI is InChI=1S/C16H20ClF2N5O3S/c1-23-13(16(18,19)28(2,25)26)8-12(10-9-21-14(20)7-11(10)17)22-15(23)24-3-5-27-6-4-24/h7-9,15H,3-6H2,1-2H3,(H2,20,21). The number of aromatic nitrogens is 1. The Kier molecular flexibility index (Phi) is 5.63. The van der Waals surface area contributed by atoms with Gasteiger partial charge >= 0.3 is 5.25 Å². The summed E-state index contributed by atoms with van der Waals surface area (Å²) >= 11 is 6.20. The summed E-state index contributed by atoms with van der Waals surface area (Å²) in [5, 5.41) is -3.93. The molecule has 28 heavy (non-hydrogen) atoms. The molecule has 0 aromatic carbocycles. The molecular weight excluding hydrogens is 416 g/mol. The van der Waals surface area contributed by atoms with Gasteiger partial charge in [0.15, 0.2) is 6.29 Å². The Morgan fingerprint density at radius 2 is 2.00 bits per heavy atom. The van der Waals surface area contributed by atoms with Crippen molar-refractivity contribution >= 4 is 33.0 Å². The first-order chi connectivity index (χ1) is 13.0. The van der Waals surface area contributed by atoms with Crippen molar-refractivity contribution in [3.05, 3.63) is 34.6 Å². The van der Waals surface area contributed by atoms with Gasteiger partial charge in [-0.05, 0) is 12.1 Å². The van der Waals surface area contributed by atoms with Crippen molar-refractivity contribution in [1.82, 2.24) is 14.8 Å². The third kappa shape index (κ3) is 3.84. The molecule has 3 rings (SSSR count). The predicted octanol–water partition coefficient (Wildman–Crippen LogP) is 1.19. The number of nitrogens with zero attached hydrogens (tertiary/aromatic N) is 4. The second-order valence-corrected chi connectivity index (χ2v) is 8.99. The Morgan fingerprint density at radius 1 is 1.36 bits per heavy atom. The average Bonchev–Trinajstić information content (AvgIpc) is 2.62. The van der Waals surface area contributed by atoms with E-state index in [1.165, 1.54) is 19.3 Å². The normalized spacial score (nSPS) is 22.0. The number of ether oxygens (including phenoxy) is 1. The van der Waals surface area contributed by atoms with E-state index in [4.69, 9.17) is 22.1 Å². The minimum atomic E-state index is -4.72. The fourth-order valence-electron chi connectivity index (χ4n) is 3.00. The van der Waals surface area contributed by atoms with E-state index in [-0.39, 0.29) is 22.1 Å². The lowest BCUT2D eigenvalue weighted by Crippen LogP contribution is -2.54. The maximum absolute atomic E-state index is 14.8. The van der Waals surface area contributed by atoms with Gasteiger partial charge < -0.3 is 15.4 Å². The van der Waals surface area contributed by atoms with E-state index in [1.807, 2.05) is 4.90 Å². The quantitative estimate of drug-likeness (QED) is 0.757. The van der Waals surface area contributed by atoms with Gasteiger partial charge in [-0.2, -0.15) is 8.78 Å². The summed E-state index contributed by atoms with van der Waals surface area (Å²) in [6.07, 6.45) is 2.00. The smallest absolute Gasteiger partial charge is 0.384 e. The summed E-state index contributed by atoms with van der Waals surface area (Å²) < 4.78 is 58.5. The summed E-state index contributed by atoms with van der Waals surface area (Å²) in [7, 11) is -3.34. The molecule has 1 atom stereocenters. The van der Waals surface area contributed by atoms with E-state index in [9.17, 15) is 17.2 Å². The number of hydrogen-bond acceptors (Lipinski definition) is 8. The van der Waals surface area contributed by atoms with Crippen molar-refractivity contribution in [1.29, 1.82) is 0 Å². The van der Waals surface area contributed by atoms with E-state index in [2.05, 4.69) is 9.98 Å². The first-order valence-electron chi connectivity index (χ1n) is 8.36. The number of anilines is 1. The zero-order valence-corrected chi connectivity index (χ0v) is 16.8. The van der Waals surface area contributed by atoms with Gasteiger partial charge in [-0.1, -0.05) is 11.6 Å². The summed E-state index contributed by atoms with van der Waals surface area (Å²) in [5.74, 6) is 0.165. The van der Waals surface area contributed by atoms with Gasteiger partial charge in [-0.3, -0.25) is 4.90 Å². The highest BCUT2D eigenvalue weighted by atomic mass is 35.5. The Labute approximate surface area is 166 Å². The number of nitrogens with two attached hydrogens (primary N) is 1. The van der Waals surface area contributed by atoms with Crippen LogP contribution in [0.2, 0.25) is 5.02 Å². The zero-order chi connectivity index (χ0) is 20.7. The second kappa shape index (κ2) is 7.54. The highest BCUT2D eigenvalue weighted by Gasteiger charge is 2.50. The molecule has 1 unspecified atom stereocenters. The maximum atomic E-state index is 14.8. The molecule has 12 heteroatoms. The number of halogens is 3. The molecule has 0 aliphatic carbocycles. The van der Waals surface area contributed by atoms with E-state index in [0.29, 0.717) is 32.6 Å². The van der Waals surface area contributed by atoms with Crippen molar-refractivity contribution in [3.8, 4) is 0 Å². The van der Waals surface area contributed by atoms with Crippen LogP contribution in [0.25, 0.3) is 0 Å². The van der Waals surface area contributed by atoms with Crippen molar-refractivity contribution in [2.75, 3.05) is 45.3 Å². The summed E-state index contributed by atoms with van der Waals surface area (Å²) in [6.45, 7) is 1.75. The molecule has 2 aliphatic rings.